The summed E-state index contributed by atoms with van der Waals surface area (Å²) in [5.41, 5.74) is 1.74. The van der Waals surface area contributed by atoms with Crippen molar-refractivity contribution in [1.82, 2.24) is 4.90 Å². The van der Waals surface area contributed by atoms with Crippen LogP contribution in [0.25, 0.3) is 0 Å². The van der Waals surface area contributed by atoms with Gasteiger partial charge in [0.15, 0.2) is 0 Å². The molecule has 0 aliphatic carbocycles. The average molecular weight is 197 g/mol. The van der Waals surface area contributed by atoms with Crippen LogP contribution < -0.4 is 0 Å². The van der Waals surface area contributed by atoms with E-state index in [1.54, 1.807) is 0 Å². The molecule has 0 N–H and O–H groups in total. The lowest BCUT2D eigenvalue weighted by Crippen LogP contribution is -2.26. The molecule has 0 amide bonds. The van der Waals surface area contributed by atoms with Gasteiger partial charge in [0.05, 0.1) is 0 Å². The van der Waals surface area contributed by atoms with E-state index in [2.05, 4.69) is 46.1 Å². The third kappa shape index (κ3) is 6.06. The van der Waals surface area contributed by atoms with Gasteiger partial charge in [-0.05, 0) is 25.2 Å². The highest BCUT2D eigenvalue weighted by Crippen LogP contribution is 2.20. The maximum absolute atomic E-state index is 4.14. The maximum atomic E-state index is 4.14. The molecule has 0 saturated carbocycles. The molecular weight excluding hydrogens is 170 g/mol. The van der Waals surface area contributed by atoms with Crippen LogP contribution >= 0.6 is 0 Å². The van der Waals surface area contributed by atoms with Crippen LogP contribution in [0, 0.1) is 5.41 Å². The van der Waals surface area contributed by atoms with Gasteiger partial charge < -0.3 is 4.90 Å². The molecule has 0 bridgehead atoms. The van der Waals surface area contributed by atoms with Gasteiger partial charge in [-0.1, -0.05) is 40.7 Å². The lowest BCUT2D eigenvalue weighted by molar-refractivity contribution is 0.274. The van der Waals surface area contributed by atoms with Gasteiger partial charge in [-0.2, -0.15) is 0 Å². The SMILES string of the molecule is C=C(CCC)N(CC)CCC(C)(C)C. The van der Waals surface area contributed by atoms with Gasteiger partial charge in [0, 0.05) is 18.8 Å². The fourth-order valence-corrected chi connectivity index (χ4v) is 1.46. The van der Waals surface area contributed by atoms with Gasteiger partial charge in [0.25, 0.3) is 0 Å². The van der Waals surface area contributed by atoms with Crippen LogP contribution in [0.1, 0.15) is 53.9 Å². The molecule has 1 heteroatoms. The van der Waals surface area contributed by atoms with E-state index in [9.17, 15) is 0 Å². The highest BCUT2D eigenvalue weighted by atomic mass is 15.1. The summed E-state index contributed by atoms with van der Waals surface area (Å²) in [6.07, 6.45) is 3.58. The van der Waals surface area contributed by atoms with Crippen molar-refractivity contribution in [1.29, 1.82) is 0 Å². The third-order valence-corrected chi connectivity index (χ3v) is 2.50. The normalized spacial score (nSPS) is 11.5. The first kappa shape index (κ1) is 13.5. The summed E-state index contributed by atoms with van der Waals surface area (Å²) in [5.74, 6) is 0. The molecule has 0 aromatic carbocycles. The van der Waals surface area contributed by atoms with Crippen molar-refractivity contribution in [2.45, 2.75) is 53.9 Å². The summed E-state index contributed by atoms with van der Waals surface area (Å²) < 4.78 is 0. The zero-order chi connectivity index (χ0) is 11.2. The van der Waals surface area contributed by atoms with E-state index in [0.29, 0.717) is 5.41 Å². The Morgan fingerprint density at radius 3 is 2.14 bits per heavy atom. The van der Waals surface area contributed by atoms with Crippen LogP contribution in [-0.2, 0) is 0 Å². The Morgan fingerprint density at radius 2 is 1.79 bits per heavy atom. The standard InChI is InChI=1S/C13H27N/c1-7-9-12(3)14(8-2)11-10-13(4,5)6/h3,7-11H2,1-2,4-6H3. The van der Waals surface area contributed by atoms with Gasteiger partial charge in [0.1, 0.15) is 0 Å². The molecule has 0 aromatic rings. The Hall–Kier alpha value is -0.460. The molecule has 0 rings (SSSR count). The number of allylic oxidation sites excluding steroid dienone is 1. The van der Waals surface area contributed by atoms with Gasteiger partial charge in [-0.15, -0.1) is 0 Å². The molecule has 0 aliphatic heterocycles. The van der Waals surface area contributed by atoms with E-state index in [0.717, 1.165) is 19.5 Å². The van der Waals surface area contributed by atoms with Crippen molar-refractivity contribution in [3.8, 4) is 0 Å². The first-order valence-electron chi connectivity index (χ1n) is 5.83. The topological polar surface area (TPSA) is 3.24 Å². The Kier molecular flexibility index (Phi) is 5.90. The van der Waals surface area contributed by atoms with Crippen LogP contribution in [0.5, 0.6) is 0 Å². The highest BCUT2D eigenvalue weighted by Gasteiger charge is 2.12. The molecule has 0 aliphatic rings. The fraction of sp³-hybridized carbons (Fsp3) is 0.846. The molecule has 1 nitrogen and oxygen atoms in total. The van der Waals surface area contributed by atoms with Gasteiger partial charge >= 0.3 is 0 Å². The minimum Gasteiger partial charge on any atom is -0.376 e. The molecule has 0 aromatic heterocycles. The number of nitrogens with zero attached hydrogens (tertiary/aromatic N) is 1. The van der Waals surface area contributed by atoms with Crippen molar-refractivity contribution >= 4 is 0 Å². The Bertz CT molecular complexity index is 165. The minimum atomic E-state index is 0.430. The largest absolute Gasteiger partial charge is 0.376 e. The van der Waals surface area contributed by atoms with Crippen LogP contribution in [0.4, 0.5) is 0 Å². The minimum absolute atomic E-state index is 0.430. The van der Waals surface area contributed by atoms with Crippen LogP contribution in [0.3, 0.4) is 0 Å². The van der Waals surface area contributed by atoms with Crippen molar-refractivity contribution in [2.24, 2.45) is 5.41 Å². The summed E-state index contributed by atoms with van der Waals surface area (Å²) in [7, 11) is 0. The van der Waals surface area contributed by atoms with Gasteiger partial charge in [0.2, 0.25) is 0 Å². The fourth-order valence-electron chi connectivity index (χ4n) is 1.46. The second kappa shape index (κ2) is 6.10. The zero-order valence-corrected chi connectivity index (χ0v) is 10.7. The van der Waals surface area contributed by atoms with Crippen molar-refractivity contribution in [3.63, 3.8) is 0 Å². The average Bonchev–Trinajstić information content (AvgIpc) is 2.03. The number of rotatable bonds is 6. The molecule has 0 spiro atoms. The Labute approximate surface area is 90.2 Å². The Morgan fingerprint density at radius 1 is 1.21 bits per heavy atom. The van der Waals surface area contributed by atoms with E-state index in [1.807, 2.05) is 0 Å². The molecule has 84 valence electrons. The highest BCUT2D eigenvalue weighted by molar-refractivity contribution is 4.93. The first-order valence-corrected chi connectivity index (χ1v) is 5.83. The molecule has 0 radical (unpaired) electrons. The first-order chi connectivity index (χ1) is 6.40. The van der Waals surface area contributed by atoms with E-state index in [1.165, 1.54) is 18.5 Å². The molecule has 0 unspecified atom stereocenters. The number of hydrogen-bond acceptors (Lipinski definition) is 1. The quantitative estimate of drug-likeness (QED) is 0.620. The Balaban J connectivity index is 3.97. The summed E-state index contributed by atoms with van der Waals surface area (Å²) >= 11 is 0. The second-order valence-corrected chi connectivity index (χ2v) is 5.21. The van der Waals surface area contributed by atoms with E-state index in [-0.39, 0.29) is 0 Å². The maximum Gasteiger partial charge on any atom is 0.0179 e. The zero-order valence-electron chi connectivity index (χ0n) is 10.7. The lowest BCUT2D eigenvalue weighted by Gasteiger charge is -2.29. The van der Waals surface area contributed by atoms with Crippen molar-refractivity contribution < 1.29 is 0 Å². The molecular formula is C13H27N. The summed E-state index contributed by atoms with van der Waals surface area (Å²) in [4.78, 5) is 2.41. The van der Waals surface area contributed by atoms with Gasteiger partial charge in [-0.3, -0.25) is 0 Å². The molecule has 14 heavy (non-hydrogen) atoms. The smallest absolute Gasteiger partial charge is 0.0179 e. The molecule has 0 fully saturated rings. The van der Waals surface area contributed by atoms with E-state index < -0.39 is 0 Å². The molecule has 0 heterocycles. The molecule has 0 saturated heterocycles. The predicted molar refractivity (Wildman–Crippen MR) is 65.4 cm³/mol. The van der Waals surface area contributed by atoms with Crippen LogP contribution in [-0.4, -0.2) is 18.0 Å². The summed E-state index contributed by atoms with van der Waals surface area (Å²) in [5, 5.41) is 0. The second-order valence-electron chi connectivity index (χ2n) is 5.21. The van der Waals surface area contributed by atoms with Gasteiger partial charge in [-0.25, -0.2) is 0 Å². The van der Waals surface area contributed by atoms with Crippen molar-refractivity contribution in [3.05, 3.63) is 12.3 Å². The number of hydrogen-bond donors (Lipinski definition) is 0. The van der Waals surface area contributed by atoms with Crippen LogP contribution in [0.2, 0.25) is 0 Å². The van der Waals surface area contributed by atoms with E-state index >= 15 is 0 Å². The monoisotopic (exact) mass is 197 g/mol. The third-order valence-electron chi connectivity index (χ3n) is 2.50. The molecule has 0 atom stereocenters. The van der Waals surface area contributed by atoms with E-state index in [4.69, 9.17) is 0 Å². The lowest BCUT2D eigenvalue weighted by atomic mass is 9.92. The summed E-state index contributed by atoms with van der Waals surface area (Å²) in [6.45, 7) is 17.7. The summed E-state index contributed by atoms with van der Waals surface area (Å²) in [6, 6.07) is 0. The predicted octanol–water partition coefficient (Wildman–Crippen LogP) is 4.06. The van der Waals surface area contributed by atoms with Crippen molar-refractivity contribution in [2.75, 3.05) is 13.1 Å². The van der Waals surface area contributed by atoms with Crippen LogP contribution in [0.15, 0.2) is 12.3 Å².